The Morgan fingerprint density at radius 3 is 2.74 bits per heavy atom. The van der Waals surface area contributed by atoms with Crippen LogP contribution in [-0.4, -0.2) is 29.2 Å². The molecule has 0 aliphatic heterocycles. The van der Waals surface area contributed by atoms with Gasteiger partial charge in [0.15, 0.2) is 0 Å². The highest BCUT2D eigenvalue weighted by Gasteiger charge is 2.24. The van der Waals surface area contributed by atoms with Crippen LogP contribution < -0.4 is 0 Å². The number of hydrogen-bond donors (Lipinski definition) is 0. The number of halogens is 1. The largest absolute Gasteiger partial charge is 0.443 e. The van der Waals surface area contributed by atoms with E-state index in [2.05, 4.69) is 21.1 Å². The average molecular weight is 379 g/mol. The van der Waals surface area contributed by atoms with Crippen LogP contribution in [0.3, 0.4) is 0 Å². The lowest BCUT2D eigenvalue weighted by atomic mass is 10.1. The van der Waals surface area contributed by atoms with Gasteiger partial charge in [-0.1, -0.05) is 46.1 Å². The second-order valence-corrected chi connectivity index (χ2v) is 6.70. The van der Waals surface area contributed by atoms with Crippen molar-refractivity contribution < 1.29 is 14.1 Å². The molecule has 0 radical (unpaired) electrons. The van der Waals surface area contributed by atoms with Crippen molar-refractivity contribution >= 4 is 22.0 Å². The van der Waals surface area contributed by atoms with E-state index in [0.29, 0.717) is 11.7 Å². The lowest BCUT2D eigenvalue weighted by Crippen LogP contribution is -2.35. The van der Waals surface area contributed by atoms with Crippen LogP contribution in [0.15, 0.2) is 39.5 Å². The quantitative estimate of drug-likeness (QED) is 0.778. The molecule has 0 saturated heterocycles. The molecule has 0 spiro atoms. The second kappa shape index (κ2) is 7.17. The molecule has 0 N–H and O–H groups in total. The van der Waals surface area contributed by atoms with Crippen LogP contribution in [0.25, 0.3) is 11.1 Å². The van der Waals surface area contributed by atoms with Crippen LogP contribution in [0, 0.1) is 0 Å². The minimum absolute atomic E-state index is 0.109. The Labute approximate surface area is 143 Å². The van der Waals surface area contributed by atoms with Crippen LogP contribution in [0.2, 0.25) is 0 Å². The molecule has 1 amide bonds. The molecule has 1 aliphatic carbocycles. The summed E-state index contributed by atoms with van der Waals surface area (Å²) in [5, 5.41) is 3.96. The first-order chi connectivity index (χ1) is 11.1. The Kier molecular flexibility index (Phi) is 5.00. The van der Waals surface area contributed by atoms with Gasteiger partial charge in [-0.3, -0.25) is 0 Å². The second-order valence-electron chi connectivity index (χ2n) is 5.79. The molecule has 3 rings (SSSR count). The first kappa shape index (κ1) is 16.1. The van der Waals surface area contributed by atoms with E-state index in [9.17, 15) is 4.79 Å². The van der Waals surface area contributed by atoms with Crippen molar-refractivity contribution in [2.75, 3.05) is 7.05 Å². The number of carbonyl (C=O) groups excluding carboxylic acids is 1. The van der Waals surface area contributed by atoms with E-state index >= 15 is 0 Å². The highest BCUT2D eigenvalue weighted by molar-refractivity contribution is 9.10. The first-order valence-electron chi connectivity index (χ1n) is 7.74. The topological polar surface area (TPSA) is 55.6 Å². The molecule has 122 valence electrons. The molecule has 23 heavy (non-hydrogen) atoms. The maximum Gasteiger partial charge on any atom is 0.410 e. The zero-order valence-electron chi connectivity index (χ0n) is 13.0. The number of hydrogen-bond acceptors (Lipinski definition) is 4. The van der Waals surface area contributed by atoms with Crippen molar-refractivity contribution in [3.63, 3.8) is 0 Å². The fourth-order valence-corrected chi connectivity index (χ4v) is 3.16. The Hall–Kier alpha value is -1.82. The molecule has 1 fully saturated rings. The van der Waals surface area contributed by atoms with Crippen molar-refractivity contribution in [1.82, 2.24) is 10.1 Å². The normalized spacial score (nSPS) is 14.9. The van der Waals surface area contributed by atoms with Crippen LogP contribution in [-0.2, 0) is 11.3 Å². The molecule has 1 saturated carbocycles. The van der Waals surface area contributed by atoms with Crippen LogP contribution in [0.1, 0.15) is 31.4 Å². The third-order valence-electron chi connectivity index (χ3n) is 4.29. The Balaban J connectivity index is 1.63. The average Bonchev–Trinajstić information content (AvgIpc) is 3.24. The van der Waals surface area contributed by atoms with Gasteiger partial charge in [-0.05, 0) is 30.5 Å². The fraction of sp³-hybridized carbons (Fsp3) is 0.412. The Bertz CT molecular complexity index is 663. The van der Waals surface area contributed by atoms with E-state index in [-0.39, 0.29) is 12.7 Å². The van der Waals surface area contributed by atoms with Gasteiger partial charge in [0.1, 0.15) is 18.6 Å². The number of amides is 1. The van der Waals surface area contributed by atoms with Gasteiger partial charge in [-0.15, -0.1) is 0 Å². The molecule has 0 bridgehead atoms. The Morgan fingerprint density at radius 2 is 2.04 bits per heavy atom. The molecular formula is C17H19BrN2O3. The van der Waals surface area contributed by atoms with E-state index < -0.39 is 0 Å². The van der Waals surface area contributed by atoms with E-state index in [1.165, 1.54) is 12.8 Å². The SMILES string of the molecule is CN(C(=O)OCc1nocc1-c1ccc(Br)cc1)C1CCCC1. The molecule has 1 aliphatic rings. The van der Waals surface area contributed by atoms with Crippen molar-refractivity contribution in [1.29, 1.82) is 0 Å². The molecule has 6 heteroatoms. The van der Waals surface area contributed by atoms with Crippen molar-refractivity contribution in [2.45, 2.75) is 38.3 Å². The monoisotopic (exact) mass is 378 g/mol. The summed E-state index contributed by atoms with van der Waals surface area (Å²) in [5.74, 6) is 0. The van der Waals surface area contributed by atoms with Gasteiger partial charge in [0, 0.05) is 23.1 Å². The van der Waals surface area contributed by atoms with E-state index in [0.717, 1.165) is 28.4 Å². The standard InChI is InChI=1S/C17H19BrN2O3/c1-20(14-4-2-3-5-14)17(21)22-11-16-15(10-23-19-16)12-6-8-13(18)9-7-12/h6-10,14H,2-5,11H2,1H3. The predicted octanol–water partition coefficient (Wildman–Crippen LogP) is 4.62. The van der Waals surface area contributed by atoms with Crippen molar-refractivity contribution in [2.24, 2.45) is 0 Å². The molecular weight excluding hydrogens is 360 g/mol. The Morgan fingerprint density at radius 1 is 1.35 bits per heavy atom. The molecule has 0 unspecified atom stereocenters. The van der Waals surface area contributed by atoms with Gasteiger partial charge < -0.3 is 14.2 Å². The number of nitrogens with zero attached hydrogens (tertiary/aromatic N) is 2. The van der Waals surface area contributed by atoms with E-state index in [1.54, 1.807) is 18.2 Å². The summed E-state index contributed by atoms with van der Waals surface area (Å²) in [6.45, 7) is 0.109. The molecule has 5 nitrogen and oxygen atoms in total. The summed E-state index contributed by atoms with van der Waals surface area (Å²) in [5.41, 5.74) is 2.44. The van der Waals surface area contributed by atoms with E-state index in [4.69, 9.17) is 9.26 Å². The predicted molar refractivity (Wildman–Crippen MR) is 89.8 cm³/mol. The fourth-order valence-electron chi connectivity index (χ4n) is 2.90. The van der Waals surface area contributed by atoms with Gasteiger partial charge in [-0.25, -0.2) is 4.79 Å². The summed E-state index contributed by atoms with van der Waals surface area (Å²) in [7, 11) is 1.80. The van der Waals surface area contributed by atoms with Gasteiger partial charge in [0.05, 0.1) is 0 Å². The van der Waals surface area contributed by atoms with Gasteiger partial charge in [0.2, 0.25) is 0 Å². The van der Waals surface area contributed by atoms with Crippen LogP contribution in [0.4, 0.5) is 4.79 Å². The van der Waals surface area contributed by atoms with Crippen molar-refractivity contribution in [3.8, 4) is 11.1 Å². The summed E-state index contributed by atoms with van der Waals surface area (Å²) >= 11 is 3.41. The van der Waals surface area contributed by atoms with E-state index in [1.807, 2.05) is 24.3 Å². The summed E-state index contributed by atoms with van der Waals surface area (Å²) in [4.78, 5) is 13.9. The minimum Gasteiger partial charge on any atom is -0.443 e. The number of carbonyl (C=O) groups is 1. The third kappa shape index (κ3) is 3.75. The molecule has 0 atom stereocenters. The number of ether oxygens (including phenoxy) is 1. The maximum atomic E-state index is 12.2. The van der Waals surface area contributed by atoms with Crippen LogP contribution in [0.5, 0.6) is 0 Å². The summed E-state index contributed by atoms with van der Waals surface area (Å²) in [6, 6.07) is 8.13. The smallest absolute Gasteiger partial charge is 0.410 e. The van der Waals surface area contributed by atoms with Crippen molar-refractivity contribution in [3.05, 3.63) is 40.7 Å². The zero-order valence-corrected chi connectivity index (χ0v) is 14.6. The highest BCUT2D eigenvalue weighted by atomic mass is 79.9. The zero-order chi connectivity index (χ0) is 16.2. The highest BCUT2D eigenvalue weighted by Crippen LogP contribution is 2.26. The molecule has 1 aromatic carbocycles. The van der Waals surface area contributed by atoms with Gasteiger partial charge in [-0.2, -0.15) is 0 Å². The van der Waals surface area contributed by atoms with Crippen LogP contribution >= 0.6 is 15.9 Å². The molecule has 1 aromatic heterocycles. The molecule has 2 aromatic rings. The number of benzene rings is 1. The van der Waals surface area contributed by atoms with Gasteiger partial charge in [0.25, 0.3) is 0 Å². The summed E-state index contributed by atoms with van der Waals surface area (Å²) < 4.78 is 11.5. The first-order valence-corrected chi connectivity index (χ1v) is 8.53. The lowest BCUT2D eigenvalue weighted by Gasteiger charge is -2.23. The number of aromatic nitrogens is 1. The van der Waals surface area contributed by atoms with Gasteiger partial charge >= 0.3 is 6.09 Å². The minimum atomic E-state index is -0.304. The molecule has 1 heterocycles. The third-order valence-corrected chi connectivity index (χ3v) is 4.82. The summed E-state index contributed by atoms with van der Waals surface area (Å²) in [6.07, 6.45) is 5.74. The maximum absolute atomic E-state index is 12.2. The number of rotatable bonds is 4. The lowest BCUT2D eigenvalue weighted by molar-refractivity contribution is 0.0900.